The Morgan fingerprint density at radius 2 is 2.00 bits per heavy atom. The smallest absolute Gasteiger partial charge is 0.326 e. The molecule has 1 aliphatic rings. The molecule has 1 aliphatic heterocycles. The number of hydrogen-bond donors (Lipinski definition) is 2. The Morgan fingerprint density at radius 1 is 1.22 bits per heavy atom. The van der Waals surface area contributed by atoms with Crippen LogP contribution in [0.1, 0.15) is 16.7 Å². The summed E-state index contributed by atoms with van der Waals surface area (Å²) in [5.41, 5.74) is 2.07. The zero-order valence-electron chi connectivity index (χ0n) is 14.2. The number of imide groups is 1. The number of halogens is 1. The van der Waals surface area contributed by atoms with Gasteiger partial charge in [-0.1, -0.05) is 18.2 Å². The van der Waals surface area contributed by atoms with E-state index in [1.165, 1.54) is 13.2 Å². The Kier molecular flexibility index (Phi) is 5.43. The van der Waals surface area contributed by atoms with E-state index >= 15 is 0 Å². The van der Waals surface area contributed by atoms with Gasteiger partial charge < -0.3 is 14.8 Å². The number of nitrogens with one attached hydrogen (secondary N) is 2. The minimum Gasteiger partial charge on any atom is -0.493 e. The average molecular weight is 428 g/mol. The minimum atomic E-state index is -0.562. The number of amides is 3. The van der Waals surface area contributed by atoms with Gasteiger partial charge >= 0.3 is 6.03 Å². The number of nitriles is 1. The molecule has 0 saturated carbocycles. The van der Waals surface area contributed by atoms with Crippen LogP contribution in [0.3, 0.4) is 0 Å². The number of nitrogens with zero attached hydrogens (tertiary/aromatic N) is 1. The predicted molar refractivity (Wildman–Crippen MR) is 101 cm³/mol. The first-order chi connectivity index (χ1) is 13.0. The zero-order chi connectivity index (χ0) is 19.4. The van der Waals surface area contributed by atoms with Crippen molar-refractivity contribution in [2.45, 2.75) is 6.61 Å². The van der Waals surface area contributed by atoms with Gasteiger partial charge in [0.15, 0.2) is 11.5 Å². The standard InChI is InChI=1S/C19H14BrN3O4/c1-26-16-8-11(7-15-18(24)23-19(25)22-15)6-14(20)17(16)27-10-13-5-3-2-4-12(13)9-21/h2-8H,10H2,1H3,(H2,22,23,24,25)/b15-7+. The summed E-state index contributed by atoms with van der Waals surface area (Å²) in [4.78, 5) is 22.9. The molecular formula is C19H14BrN3O4. The van der Waals surface area contributed by atoms with Crippen molar-refractivity contribution in [3.63, 3.8) is 0 Å². The summed E-state index contributed by atoms with van der Waals surface area (Å²) in [7, 11) is 1.50. The fourth-order valence-electron chi connectivity index (χ4n) is 2.52. The van der Waals surface area contributed by atoms with Crippen LogP contribution < -0.4 is 20.1 Å². The number of benzene rings is 2. The summed E-state index contributed by atoms with van der Waals surface area (Å²) in [6, 6.07) is 12.2. The van der Waals surface area contributed by atoms with Crippen LogP contribution in [0.4, 0.5) is 4.79 Å². The Labute approximate surface area is 163 Å². The van der Waals surface area contributed by atoms with Crippen molar-refractivity contribution in [2.24, 2.45) is 0 Å². The molecule has 0 aliphatic carbocycles. The highest BCUT2D eigenvalue weighted by atomic mass is 79.9. The molecule has 2 aromatic carbocycles. The SMILES string of the molecule is COc1cc(/C=C2/NC(=O)NC2=O)cc(Br)c1OCc1ccccc1C#N. The van der Waals surface area contributed by atoms with Gasteiger partial charge in [-0.15, -0.1) is 0 Å². The molecular weight excluding hydrogens is 414 g/mol. The first-order valence-corrected chi connectivity index (χ1v) is 8.63. The fourth-order valence-corrected chi connectivity index (χ4v) is 3.09. The van der Waals surface area contributed by atoms with Crippen LogP contribution in [0.15, 0.2) is 46.6 Å². The van der Waals surface area contributed by atoms with E-state index in [0.29, 0.717) is 27.1 Å². The van der Waals surface area contributed by atoms with E-state index in [9.17, 15) is 14.9 Å². The van der Waals surface area contributed by atoms with E-state index in [2.05, 4.69) is 32.6 Å². The van der Waals surface area contributed by atoms with Gasteiger partial charge in [-0.05, 0) is 45.8 Å². The van der Waals surface area contributed by atoms with E-state index in [1.54, 1.807) is 24.3 Å². The molecule has 2 N–H and O–H groups in total. The Morgan fingerprint density at radius 3 is 2.67 bits per heavy atom. The fraction of sp³-hybridized carbons (Fsp3) is 0.105. The van der Waals surface area contributed by atoms with Gasteiger partial charge in [0.1, 0.15) is 12.3 Å². The summed E-state index contributed by atoms with van der Waals surface area (Å²) in [6.07, 6.45) is 1.53. The third kappa shape index (κ3) is 4.10. The molecule has 1 fully saturated rings. The van der Waals surface area contributed by atoms with E-state index in [-0.39, 0.29) is 12.3 Å². The van der Waals surface area contributed by atoms with Crippen LogP contribution in [-0.2, 0) is 11.4 Å². The van der Waals surface area contributed by atoms with Gasteiger partial charge in [0, 0.05) is 5.56 Å². The number of urea groups is 1. The molecule has 8 heteroatoms. The van der Waals surface area contributed by atoms with Crippen LogP contribution in [0.25, 0.3) is 6.08 Å². The number of carbonyl (C=O) groups is 2. The van der Waals surface area contributed by atoms with E-state index in [1.807, 2.05) is 12.1 Å². The number of rotatable bonds is 5. The van der Waals surface area contributed by atoms with Gasteiger partial charge in [0.25, 0.3) is 5.91 Å². The number of carbonyl (C=O) groups excluding carboxylic acids is 2. The highest BCUT2D eigenvalue weighted by Gasteiger charge is 2.23. The maximum Gasteiger partial charge on any atom is 0.326 e. The molecule has 27 heavy (non-hydrogen) atoms. The van der Waals surface area contributed by atoms with E-state index < -0.39 is 11.9 Å². The molecule has 1 saturated heterocycles. The molecule has 0 aromatic heterocycles. The number of methoxy groups -OCH3 is 1. The van der Waals surface area contributed by atoms with Gasteiger partial charge in [0.05, 0.1) is 23.2 Å². The minimum absolute atomic E-state index is 0.144. The lowest BCUT2D eigenvalue weighted by atomic mass is 10.1. The Balaban J connectivity index is 1.87. The van der Waals surface area contributed by atoms with Crippen LogP contribution in [0.5, 0.6) is 11.5 Å². The maximum absolute atomic E-state index is 11.7. The van der Waals surface area contributed by atoms with Crippen LogP contribution in [0, 0.1) is 11.3 Å². The third-order valence-corrected chi connectivity index (χ3v) is 4.38. The highest BCUT2D eigenvalue weighted by molar-refractivity contribution is 9.10. The highest BCUT2D eigenvalue weighted by Crippen LogP contribution is 2.38. The number of ether oxygens (including phenoxy) is 2. The molecule has 3 rings (SSSR count). The zero-order valence-corrected chi connectivity index (χ0v) is 15.8. The second-order valence-electron chi connectivity index (χ2n) is 5.56. The molecule has 2 aromatic rings. The topological polar surface area (TPSA) is 100 Å². The Bertz CT molecular complexity index is 995. The van der Waals surface area contributed by atoms with Crippen molar-refractivity contribution in [2.75, 3.05) is 7.11 Å². The quantitative estimate of drug-likeness (QED) is 0.563. The molecule has 0 atom stereocenters. The van der Waals surface area contributed by atoms with Crippen LogP contribution >= 0.6 is 15.9 Å². The molecule has 136 valence electrons. The first kappa shape index (κ1) is 18.5. The predicted octanol–water partition coefficient (Wildman–Crippen LogP) is 3.09. The van der Waals surface area contributed by atoms with Crippen molar-refractivity contribution in [3.8, 4) is 17.6 Å². The first-order valence-electron chi connectivity index (χ1n) is 7.84. The molecule has 0 spiro atoms. The summed E-state index contributed by atoms with van der Waals surface area (Å²) >= 11 is 3.44. The van der Waals surface area contributed by atoms with Crippen molar-refractivity contribution >= 4 is 33.9 Å². The van der Waals surface area contributed by atoms with Gasteiger partial charge in [0.2, 0.25) is 0 Å². The Hall–Kier alpha value is -3.31. The molecule has 0 radical (unpaired) electrons. The van der Waals surface area contributed by atoms with E-state index in [0.717, 1.165) is 5.56 Å². The summed E-state index contributed by atoms with van der Waals surface area (Å²) in [6.45, 7) is 0.192. The summed E-state index contributed by atoms with van der Waals surface area (Å²) in [5, 5.41) is 13.7. The van der Waals surface area contributed by atoms with Gasteiger partial charge in [-0.2, -0.15) is 5.26 Å². The monoisotopic (exact) mass is 427 g/mol. The molecule has 7 nitrogen and oxygen atoms in total. The van der Waals surface area contributed by atoms with Gasteiger partial charge in [-0.25, -0.2) is 4.79 Å². The van der Waals surface area contributed by atoms with Crippen molar-refractivity contribution in [3.05, 3.63) is 63.3 Å². The van der Waals surface area contributed by atoms with Crippen molar-refractivity contribution in [1.82, 2.24) is 10.6 Å². The van der Waals surface area contributed by atoms with E-state index in [4.69, 9.17) is 9.47 Å². The normalized spacial score (nSPS) is 14.5. The number of hydrogen-bond acceptors (Lipinski definition) is 5. The summed E-state index contributed by atoms with van der Waals surface area (Å²) < 4.78 is 11.8. The lowest BCUT2D eigenvalue weighted by Gasteiger charge is -2.14. The lowest BCUT2D eigenvalue weighted by molar-refractivity contribution is -0.115. The lowest BCUT2D eigenvalue weighted by Crippen LogP contribution is -2.22. The maximum atomic E-state index is 11.7. The molecule has 3 amide bonds. The van der Waals surface area contributed by atoms with Gasteiger partial charge in [-0.3, -0.25) is 10.1 Å². The largest absolute Gasteiger partial charge is 0.493 e. The molecule has 0 bridgehead atoms. The van der Waals surface area contributed by atoms with Crippen LogP contribution in [-0.4, -0.2) is 19.0 Å². The second kappa shape index (κ2) is 7.93. The van der Waals surface area contributed by atoms with Crippen LogP contribution in [0.2, 0.25) is 0 Å². The van der Waals surface area contributed by atoms with Crippen molar-refractivity contribution in [1.29, 1.82) is 5.26 Å². The third-order valence-electron chi connectivity index (χ3n) is 3.79. The summed E-state index contributed by atoms with van der Waals surface area (Å²) in [5.74, 6) is 0.409. The molecule has 1 heterocycles. The second-order valence-corrected chi connectivity index (χ2v) is 6.41. The molecule has 0 unspecified atom stereocenters. The average Bonchev–Trinajstić information content (AvgIpc) is 2.97. The van der Waals surface area contributed by atoms with Crippen molar-refractivity contribution < 1.29 is 19.1 Å².